The highest BCUT2D eigenvalue weighted by Crippen LogP contribution is 2.49. The summed E-state index contributed by atoms with van der Waals surface area (Å²) < 4.78 is 7.28. The van der Waals surface area contributed by atoms with Crippen molar-refractivity contribution in [1.82, 2.24) is 10.3 Å². The summed E-state index contributed by atoms with van der Waals surface area (Å²) in [6.45, 7) is 1.15. The zero-order chi connectivity index (χ0) is 20.9. The smallest absolute Gasteiger partial charge is 0.242 e. The molecule has 3 aromatic rings. The Morgan fingerprint density at radius 1 is 1.30 bits per heavy atom. The molecular weight excluding hydrogens is 402 g/mol. The third-order valence-electron chi connectivity index (χ3n) is 6.54. The van der Waals surface area contributed by atoms with Crippen molar-refractivity contribution in [2.75, 3.05) is 13.7 Å². The van der Waals surface area contributed by atoms with E-state index in [0.717, 1.165) is 48.0 Å². The van der Waals surface area contributed by atoms with Crippen molar-refractivity contribution in [1.29, 1.82) is 0 Å². The van der Waals surface area contributed by atoms with E-state index in [0.29, 0.717) is 10.8 Å². The van der Waals surface area contributed by atoms with E-state index in [4.69, 9.17) is 16.3 Å². The molecule has 7 heteroatoms. The zero-order valence-corrected chi connectivity index (χ0v) is 17.6. The van der Waals surface area contributed by atoms with Crippen LogP contribution in [0.4, 0.5) is 0 Å². The average molecular weight is 427 g/mol. The predicted octanol–water partition coefficient (Wildman–Crippen LogP) is 2.86. The van der Waals surface area contributed by atoms with Gasteiger partial charge in [0.1, 0.15) is 12.3 Å². The molecule has 0 unspecified atom stereocenters. The minimum Gasteiger partial charge on any atom is -0.497 e. The van der Waals surface area contributed by atoms with E-state index in [1.54, 1.807) is 13.2 Å². The molecule has 3 atom stereocenters. The van der Waals surface area contributed by atoms with E-state index in [1.165, 1.54) is 0 Å². The fourth-order valence-corrected chi connectivity index (χ4v) is 5.00. The molecule has 0 radical (unpaired) electrons. The Kier molecular flexibility index (Phi) is 4.81. The quantitative estimate of drug-likeness (QED) is 0.548. The van der Waals surface area contributed by atoms with Gasteiger partial charge in [0.15, 0.2) is 16.8 Å². The number of benzene rings is 2. The Bertz CT molecular complexity index is 1130. The van der Waals surface area contributed by atoms with Crippen LogP contribution in [-0.2, 0) is 11.3 Å². The molecule has 2 aliphatic rings. The van der Waals surface area contributed by atoms with Crippen molar-refractivity contribution in [2.45, 2.75) is 37.5 Å². The van der Waals surface area contributed by atoms with Crippen molar-refractivity contribution < 1.29 is 19.2 Å². The van der Waals surface area contributed by atoms with E-state index in [9.17, 15) is 9.90 Å². The summed E-state index contributed by atoms with van der Waals surface area (Å²) in [5.41, 5.74) is 3.46. The van der Waals surface area contributed by atoms with Crippen LogP contribution in [0, 0.1) is 5.92 Å². The van der Waals surface area contributed by atoms with Crippen molar-refractivity contribution in [3.05, 3.63) is 47.7 Å². The van der Waals surface area contributed by atoms with Crippen molar-refractivity contribution in [2.24, 2.45) is 5.92 Å². The summed E-state index contributed by atoms with van der Waals surface area (Å²) in [6.07, 6.45) is 3.85. The van der Waals surface area contributed by atoms with E-state index in [1.807, 2.05) is 35.2 Å². The van der Waals surface area contributed by atoms with Crippen molar-refractivity contribution >= 4 is 28.4 Å². The number of imidazole rings is 1. The van der Waals surface area contributed by atoms with Crippen LogP contribution < -0.4 is 14.6 Å². The lowest BCUT2D eigenvalue weighted by Gasteiger charge is -2.30. The number of carbonyl (C=O) groups is 1. The first-order valence-electron chi connectivity index (χ1n) is 10.3. The number of aliphatic hydroxyl groups is 1. The molecule has 1 saturated carbocycles. The maximum Gasteiger partial charge on any atom is 0.242 e. The lowest BCUT2D eigenvalue weighted by Crippen LogP contribution is -2.50. The molecule has 5 rings (SSSR count). The molecule has 2 heterocycles. The number of halogens is 1. The number of methoxy groups -OCH3 is 1. The zero-order valence-electron chi connectivity index (χ0n) is 16.8. The van der Waals surface area contributed by atoms with Crippen molar-refractivity contribution in [3.63, 3.8) is 0 Å². The van der Waals surface area contributed by atoms with E-state index in [2.05, 4.69) is 16.4 Å². The second kappa shape index (κ2) is 7.38. The summed E-state index contributed by atoms with van der Waals surface area (Å²) in [4.78, 5) is 16.2. The molecule has 1 aliphatic carbocycles. The van der Waals surface area contributed by atoms with E-state index >= 15 is 0 Å². The van der Waals surface area contributed by atoms with Gasteiger partial charge in [-0.05, 0) is 73.3 Å². The van der Waals surface area contributed by atoms with Crippen LogP contribution in [0.2, 0.25) is 5.02 Å². The summed E-state index contributed by atoms with van der Waals surface area (Å²) in [5.74, 6) is 0.738. The first-order chi connectivity index (χ1) is 14.5. The number of Topliss-reactive ketones (excluding diaryl/α,β-unsaturated/α-hetero) is 1. The highest BCUT2D eigenvalue weighted by molar-refractivity contribution is 6.31. The summed E-state index contributed by atoms with van der Waals surface area (Å²) >= 11 is 6.24. The van der Waals surface area contributed by atoms with Crippen molar-refractivity contribution in [3.8, 4) is 16.9 Å². The van der Waals surface area contributed by atoms with Gasteiger partial charge in [-0.2, -0.15) is 0 Å². The molecule has 1 saturated heterocycles. The maximum absolute atomic E-state index is 13.0. The molecule has 1 spiro atoms. The maximum atomic E-state index is 13.0. The Balaban J connectivity index is 1.42. The average Bonchev–Trinajstić information content (AvgIpc) is 3.34. The third-order valence-corrected chi connectivity index (χ3v) is 6.76. The van der Waals surface area contributed by atoms with Crippen LogP contribution in [0.1, 0.15) is 19.3 Å². The minimum atomic E-state index is -0.433. The fraction of sp³-hybridized carbons (Fsp3) is 0.391. The van der Waals surface area contributed by atoms with Gasteiger partial charge in [0.2, 0.25) is 6.33 Å². The molecule has 2 aromatic carbocycles. The van der Waals surface area contributed by atoms with Gasteiger partial charge in [-0.25, -0.2) is 9.55 Å². The number of aromatic amines is 1. The standard InChI is InChI=1S/C23H24ClN3O3/c1-30-17-8-15(7-16(24)10-17)14-4-5-19-20(9-14)27(13-25-19)12-21(28)18-11-23(18)22(29)3-2-6-26-23/h4-5,7-10,13,18,22,26,29H,2-3,6,11-12H2,1H3/p+1/t18-,22+,23+/m1/s1. The van der Waals surface area contributed by atoms with Gasteiger partial charge in [-0.3, -0.25) is 4.79 Å². The van der Waals surface area contributed by atoms with Crippen LogP contribution >= 0.6 is 11.6 Å². The number of aliphatic hydroxyl groups excluding tert-OH is 1. The molecule has 3 N–H and O–H groups in total. The molecule has 1 aromatic heterocycles. The molecular formula is C23H25ClN3O3+. The summed E-state index contributed by atoms with van der Waals surface area (Å²) in [5, 5.41) is 14.4. The first kappa shape index (κ1) is 19.5. The number of rotatable bonds is 5. The van der Waals surface area contributed by atoms with Gasteiger partial charge in [0, 0.05) is 10.9 Å². The van der Waals surface area contributed by atoms with Crippen LogP contribution in [0.25, 0.3) is 22.2 Å². The van der Waals surface area contributed by atoms with Crippen LogP contribution in [-0.4, -0.2) is 41.2 Å². The highest BCUT2D eigenvalue weighted by Gasteiger charge is 2.62. The van der Waals surface area contributed by atoms with Gasteiger partial charge in [-0.1, -0.05) is 11.6 Å². The molecule has 1 aliphatic heterocycles. The Hall–Kier alpha value is -2.41. The number of H-pyrrole nitrogens is 1. The molecule has 2 fully saturated rings. The SMILES string of the molecule is COc1cc(Cl)cc(-c2ccc3[nH]c[n+](CC(=O)[C@H]4C[C@]45NCCC[C@@H]5O)c3c2)c1. The van der Waals surface area contributed by atoms with Gasteiger partial charge < -0.3 is 15.2 Å². The van der Waals surface area contributed by atoms with Gasteiger partial charge in [-0.15, -0.1) is 0 Å². The van der Waals surface area contributed by atoms with E-state index in [-0.39, 0.29) is 18.2 Å². The highest BCUT2D eigenvalue weighted by atomic mass is 35.5. The number of nitrogens with one attached hydrogen (secondary N) is 2. The number of nitrogens with zero attached hydrogens (tertiary/aromatic N) is 1. The number of hydrogen-bond acceptors (Lipinski definition) is 4. The van der Waals surface area contributed by atoms with Crippen LogP contribution in [0.15, 0.2) is 42.7 Å². The van der Waals surface area contributed by atoms with Gasteiger partial charge in [0.05, 0.1) is 18.8 Å². The monoisotopic (exact) mass is 426 g/mol. The van der Waals surface area contributed by atoms with E-state index < -0.39 is 11.6 Å². The predicted molar refractivity (Wildman–Crippen MR) is 115 cm³/mol. The number of aromatic nitrogens is 2. The number of ether oxygens (including phenoxy) is 1. The lowest BCUT2D eigenvalue weighted by molar-refractivity contribution is -0.658. The summed E-state index contributed by atoms with van der Waals surface area (Å²) in [7, 11) is 1.62. The fourth-order valence-electron chi connectivity index (χ4n) is 4.78. The molecule has 0 bridgehead atoms. The number of hydrogen-bond donors (Lipinski definition) is 3. The topological polar surface area (TPSA) is 78.2 Å². The molecule has 0 amide bonds. The third kappa shape index (κ3) is 3.29. The molecule has 30 heavy (non-hydrogen) atoms. The largest absolute Gasteiger partial charge is 0.497 e. The minimum absolute atomic E-state index is 0.120. The first-order valence-corrected chi connectivity index (χ1v) is 10.7. The molecule has 156 valence electrons. The summed E-state index contributed by atoms with van der Waals surface area (Å²) in [6, 6.07) is 11.7. The number of ketones is 1. The Morgan fingerprint density at radius 3 is 2.97 bits per heavy atom. The number of fused-ring (bicyclic) bond motifs is 1. The number of carbonyl (C=O) groups excluding carboxylic acids is 1. The number of piperidine rings is 1. The Labute approximate surface area is 179 Å². The Morgan fingerprint density at radius 2 is 2.17 bits per heavy atom. The second-order valence-electron chi connectivity index (χ2n) is 8.36. The van der Waals surface area contributed by atoms with Crippen LogP contribution in [0.5, 0.6) is 5.75 Å². The normalized spacial score (nSPS) is 25.6. The van der Waals surface area contributed by atoms with Gasteiger partial charge in [0.25, 0.3) is 0 Å². The second-order valence-corrected chi connectivity index (χ2v) is 8.80. The molecule has 6 nitrogen and oxygen atoms in total. The van der Waals surface area contributed by atoms with Crippen LogP contribution in [0.3, 0.4) is 0 Å². The van der Waals surface area contributed by atoms with Gasteiger partial charge >= 0.3 is 0 Å². The lowest BCUT2D eigenvalue weighted by atomic mass is 9.95.